The minimum Gasteiger partial charge on any atom is -0.329 e. The van der Waals surface area contributed by atoms with Crippen molar-refractivity contribution in [1.29, 1.82) is 0 Å². The van der Waals surface area contributed by atoms with E-state index in [2.05, 4.69) is 77.3 Å². The van der Waals surface area contributed by atoms with Crippen molar-refractivity contribution < 1.29 is 0 Å². The van der Waals surface area contributed by atoms with Gasteiger partial charge in [-0.2, -0.15) is 0 Å². The molecule has 1 saturated heterocycles. The maximum Gasteiger partial charge on any atom is 0.0546 e. The first kappa shape index (κ1) is 19.5. The molecule has 2 N–H and O–H groups in total. The lowest BCUT2D eigenvalue weighted by atomic mass is 9.98. The Labute approximate surface area is 163 Å². The average Bonchev–Trinajstić information content (AvgIpc) is 2.92. The van der Waals surface area contributed by atoms with Crippen LogP contribution in [0.25, 0.3) is 0 Å². The summed E-state index contributed by atoms with van der Waals surface area (Å²) in [6.07, 6.45) is 5.37. The summed E-state index contributed by atoms with van der Waals surface area (Å²) in [7, 11) is 0. The SMILES string of the molecule is NCCN1CCCC(CCSC(c2ccccc2)c2ccccc2)CC1. The lowest BCUT2D eigenvalue weighted by Crippen LogP contribution is -2.30. The Morgan fingerprint density at radius 3 is 2.19 bits per heavy atom. The maximum absolute atomic E-state index is 5.72. The van der Waals surface area contributed by atoms with Crippen molar-refractivity contribution in [2.45, 2.75) is 30.9 Å². The molecule has 1 unspecified atom stereocenters. The van der Waals surface area contributed by atoms with E-state index in [1.165, 1.54) is 55.7 Å². The molecule has 0 aromatic heterocycles. The Balaban J connectivity index is 1.55. The molecular weight excluding hydrogens is 336 g/mol. The minimum atomic E-state index is 0.442. The average molecular weight is 369 g/mol. The third-order valence-corrected chi connectivity index (χ3v) is 6.75. The number of nitrogens with two attached hydrogens (primary N) is 1. The number of thioether (sulfide) groups is 1. The van der Waals surface area contributed by atoms with Crippen molar-refractivity contribution in [1.82, 2.24) is 4.90 Å². The fourth-order valence-corrected chi connectivity index (χ4v) is 5.32. The topological polar surface area (TPSA) is 29.3 Å². The summed E-state index contributed by atoms with van der Waals surface area (Å²) < 4.78 is 0. The third-order valence-electron chi connectivity index (χ3n) is 5.40. The molecule has 3 heteroatoms. The largest absolute Gasteiger partial charge is 0.329 e. The van der Waals surface area contributed by atoms with E-state index in [9.17, 15) is 0 Å². The van der Waals surface area contributed by atoms with Crippen molar-refractivity contribution in [3.05, 3.63) is 71.8 Å². The zero-order valence-corrected chi connectivity index (χ0v) is 16.5. The molecule has 2 aromatic rings. The highest BCUT2D eigenvalue weighted by Gasteiger charge is 2.18. The third kappa shape index (κ3) is 5.87. The first-order valence-corrected chi connectivity index (χ1v) is 11.1. The standard InChI is InChI=1S/C23H32N2S/c24-15-18-25-16-7-8-20(13-17-25)14-19-26-23(21-9-3-1-4-10-21)22-11-5-2-6-12-22/h1-6,9-12,20,23H,7-8,13-19,24H2. The highest BCUT2D eigenvalue weighted by Crippen LogP contribution is 2.37. The Bertz CT molecular complexity index is 577. The van der Waals surface area contributed by atoms with E-state index in [-0.39, 0.29) is 0 Å². The van der Waals surface area contributed by atoms with Crippen LogP contribution in [-0.2, 0) is 0 Å². The van der Waals surface area contributed by atoms with Crippen LogP contribution in [0.1, 0.15) is 42.1 Å². The van der Waals surface area contributed by atoms with Crippen LogP contribution in [0, 0.1) is 5.92 Å². The predicted molar refractivity (Wildman–Crippen MR) is 115 cm³/mol. The first-order chi connectivity index (χ1) is 12.9. The van der Waals surface area contributed by atoms with Gasteiger partial charge in [-0.25, -0.2) is 0 Å². The molecule has 26 heavy (non-hydrogen) atoms. The second-order valence-corrected chi connectivity index (χ2v) is 8.50. The van der Waals surface area contributed by atoms with E-state index in [1.54, 1.807) is 0 Å². The number of hydrogen-bond acceptors (Lipinski definition) is 3. The Morgan fingerprint density at radius 2 is 1.58 bits per heavy atom. The molecule has 0 spiro atoms. The zero-order chi connectivity index (χ0) is 18.0. The van der Waals surface area contributed by atoms with Crippen LogP contribution in [0.5, 0.6) is 0 Å². The number of hydrogen-bond donors (Lipinski definition) is 1. The van der Waals surface area contributed by atoms with E-state index >= 15 is 0 Å². The molecule has 1 atom stereocenters. The van der Waals surface area contributed by atoms with Crippen molar-refractivity contribution in [2.75, 3.05) is 31.9 Å². The fraction of sp³-hybridized carbons (Fsp3) is 0.478. The molecule has 1 aliphatic heterocycles. The van der Waals surface area contributed by atoms with Crippen LogP contribution in [-0.4, -0.2) is 36.8 Å². The number of benzene rings is 2. The number of likely N-dealkylation sites (tertiary alicyclic amines) is 1. The van der Waals surface area contributed by atoms with E-state index < -0.39 is 0 Å². The summed E-state index contributed by atoms with van der Waals surface area (Å²) >= 11 is 2.11. The van der Waals surface area contributed by atoms with E-state index in [0.29, 0.717) is 5.25 Å². The predicted octanol–water partition coefficient (Wildman–Crippen LogP) is 4.96. The van der Waals surface area contributed by atoms with E-state index in [1.807, 2.05) is 0 Å². The number of rotatable bonds is 8. The Morgan fingerprint density at radius 1 is 0.923 bits per heavy atom. The van der Waals surface area contributed by atoms with Gasteiger partial charge >= 0.3 is 0 Å². The molecule has 0 bridgehead atoms. The van der Waals surface area contributed by atoms with Crippen molar-refractivity contribution in [2.24, 2.45) is 11.7 Å². The second-order valence-electron chi connectivity index (χ2n) is 7.29. The van der Waals surface area contributed by atoms with E-state index in [4.69, 9.17) is 5.73 Å². The molecule has 0 radical (unpaired) electrons. The van der Waals surface area contributed by atoms with Crippen molar-refractivity contribution >= 4 is 11.8 Å². The molecule has 1 fully saturated rings. The van der Waals surface area contributed by atoms with E-state index in [0.717, 1.165) is 19.0 Å². The van der Waals surface area contributed by atoms with Crippen LogP contribution in [0.2, 0.25) is 0 Å². The second kappa shape index (κ2) is 10.8. The molecule has 1 aliphatic rings. The highest BCUT2D eigenvalue weighted by molar-refractivity contribution is 7.99. The van der Waals surface area contributed by atoms with Crippen molar-refractivity contribution in [3.8, 4) is 0 Å². The minimum absolute atomic E-state index is 0.442. The molecule has 140 valence electrons. The quantitative estimate of drug-likeness (QED) is 0.714. The lowest BCUT2D eigenvalue weighted by molar-refractivity contribution is 0.288. The van der Waals surface area contributed by atoms with Crippen LogP contribution >= 0.6 is 11.8 Å². The lowest BCUT2D eigenvalue weighted by Gasteiger charge is -2.20. The normalized spacial score (nSPS) is 18.8. The monoisotopic (exact) mass is 368 g/mol. The van der Waals surface area contributed by atoms with Crippen LogP contribution in [0.15, 0.2) is 60.7 Å². The Hall–Kier alpha value is -1.29. The zero-order valence-electron chi connectivity index (χ0n) is 15.7. The smallest absolute Gasteiger partial charge is 0.0546 e. The van der Waals surface area contributed by atoms with Gasteiger partial charge in [0.15, 0.2) is 0 Å². The van der Waals surface area contributed by atoms with Gasteiger partial charge in [-0.1, -0.05) is 60.7 Å². The fourth-order valence-electron chi connectivity index (χ4n) is 3.91. The van der Waals surface area contributed by atoms with Gasteiger partial charge in [-0.15, -0.1) is 11.8 Å². The first-order valence-electron chi connectivity index (χ1n) is 10.0. The van der Waals surface area contributed by atoms with Gasteiger partial charge in [-0.05, 0) is 61.6 Å². The van der Waals surface area contributed by atoms with Gasteiger partial charge in [0.1, 0.15) is 0 Å². The number of nitrogens with zero attached hydrogens (tertiary/aromatic N) is 1. The highest BCUT2D eigenvalue weighted by atomic mass is 32.2. The van der Waals surface area contributed by atoms with Gasteiger partial charge < -0.3 is 10.6 Å². The molecule has 3 rings (SSSR count). The molecule has 0 amide bonds. The summed E-state index contributed by atoms with van der Waals surface area (Å²) in [5.41, 5.74) is 8.55. The maximum atomic E-state index is 5.72. The van der Waals surface area contributed by atoms with Gasteiger partial charge in [0, 0.05) is 13.1 Å². The van der Waals surface area contributed by atoms with Gasteiger partial charge in [0.2, 0.25) is 0 Å². The summed E-state index contributed by atoms with van der Waals surface area (Å²) in [5, 5.41) is 0.442. The molecule has 0 saturated carbocycles. The van der Waals surface area contributed by atoms with Crippen LogP contribution in [0.3, 0.4) is 0 Å². The van der Waals surface area contributed by atoms with Gasteiger partial charge in [-0.3, -0.25) is 0 Å². The van der Waals surface area contributed by atoms with Crippen LogP contribution < -0.4 is 5.73 Å². The molecule has 2 nitrogen and oxygen atoms in total. The van der Waals surface area contributed by atoms with Crippen molar-refractivity contribution in [3.63, 3.8) is 0 Å². The summed E-state index contributed by atoms with van der Waals surface area (Å²) in [4.78, 5) is 2.55. The van der Waals surface area contributed by atoms with Gasteiger partial charge in [0.05, 0.1) is 5.25 Å². The molecular formula is C23H32N2S. The molecule has 1 heterocycles. The molecule has 0 aliphatic carbocycles. The summed E-state index contributed by atoms with van der Waals surface area (Å²) in [5.74, 6) is 2.10. The summed E-state index contributed by atoms with van der Waals surface area (Å²) in [6.45, 7) is 4.31. The van der Waals surface area contributed by atoms with Gasteiger partial charge in [0.25, 0.3) is 0 Å². The van der Waals surface area contributed by atoms with Crippen LogP contribution in [0.4, 0.5) is 0 Å². The molecule has 2 aromatic carbocycles. The summed E-state index contributed by atoms with van der Waals surface area (Å²) in [6, 6.07) is 21.9. The Kier molecular flexibility index (Phi) is 8.06.